The maximum atomic E-state index is 12.8. The van der Waals surface area contributed by atoms with Gasteiger partial charge in [0.15, 0.2) is 5.82 Å². The van der Waals surface area contributed by atoms with Gasteiger partial charge in [-0.15, -0.1) is 11.3 Å². The van der Waals surface area contributed by atoms with Crippen LogP contribution in [0.4, 0.5) is 14.6 Å². The van der Waals surface area contributed by atoms with Crippen LogP contribution >= 0.6 is 11.3 Å². The van der Waals surface area contributed by atoms with Crippen LogP contribution in [-0.2, 0) is 11.3 Å². The molecule has 2 rings (SSSR count). The lowest BCUT2D eigenvalue weighted by Gasteiger charge is -2.04. The molecule has 2 amide bonds. The highest BCUT2D eigenvalue weighted by Crippen LogP contribution is 2.28. The molecule has 0 spiro atoms. The third-order valence-electron chi connectivity index (χ3n) is 2.93. The van der Waals surface area contributed by atoms with Crippen LogP contribution < -0.4 is 10.6 Å². The maximum Gasteiger partial charge on any atom is 0.273 e. The quantitative estimate of drug-likeness (QED) is 0.883. The number of anilines is 1. The van der Waals surface area contributed by atoms with Crippen LogP contribution in [0.5, 0.6) is 0 Å². The summed E-state index contributed by atoms with van der Waals surface area (Å²) in [6.07, 6.45) is -2.70. The SMILES string of the molecule is CNC(=O)Cn1nc(NC(=O)c2ccsc2C(F)F)cc1C. The zero-order valence-corrected chi connectivity index (χ0v) is 12.7. The smallest absolute Gasteiger partial charge is 0.273 e. The Morgan fingerprint density at radius 2 is 2.18 bits per heavy atom. The fraction of sp³-hybridized carbons (Fsp3) is 0.308. The van der Waals surface area contributed by atoms with Crippen molar-refractivity contribution in [3.8, 4) is 0 Å². The van der Waals surface area contributed by atoms with Gasteiger partial charge < -0.3 is 10.6 Å². The molecular formula is C13H14F2N4O2S. The lowest BCUT2D eigenvalue weighted by atomic mass is 10.2. The predicted octanol–water partition coefficient (Wildman–Crippen LogP) is 2.19. The van der Waals surface area contributed by atoms with E-state index in [-0.39, 0.29) is 28.7 Å². The molecule has 0 radical (unpaired) electrons. The van der Waals surface area contributed by atoms with Crippen molar-refractivity contribution in [2.24, 2.45) is 0 Å². The molecule has 0 aliphatic rings. The van der Waals surface area contributed by atoms with Gasteiger partial charge in [0.05, 0.1) is 10.4 Å². The van der Waals surface area contributed by atoms with Gasteiger partial charge in [0, 0.05) is 18.8 Å². The van der Waals surface area contributed by atoms with Gasteiger partial charge in [0.1, 0.15) is 6.54 Å². The maximum absolute atomic E-state index is 12.8. The van der Waals surface area contributed by atoms with E-state index in [4.69, 9.17) is 0 Å². The van der Waals surface area contributed by atoms with E-state index in [1.807, 2.05) is 0 Å². The van der Waals surface area contributed by atoms with Gasteiger partial charge in [-0.25, -0.2) is 8.78 Å². The first-order valence-corrected chi connectivity index (χ1v) is 7.22. The fourth-order valence-electron chi connectivity index (χ4n) is 1.81. The van der Waals surface area contributed by atoms with Crippen LogP contribution in [0.3, 0.4) is 0 Å². The third-order valence-corrected chi connectivity index (χ3v) is 3.86. The zero-order chi connectivity index (χ0) is 16.3. The lowest BCUT2D eigenvalue weighted by Crippen LogP contribution is -2.24. The number of aromatic nitrogens is 2. The van der Waals surface area contributed by atoms with E-state index in [0.717, 1.165) is 11.3 Å². The number of halogens is 2. The Hall–Kier alpha value is -2.29. The number of nitrogens with zero attached hydrogens (tertiary/aromatic N) is 2. The molecule has 2 heterocycles. The summed E-state index contributed by atoms with van der Waals surface area (Å²) in [5.41, 5.74) is 0.594. The highest BCUT2D eigenvalue weighted by Gasteiger charge is 2.20. The second-order valence-corrected chi connectivity index (χ2v) is 5.40. The summed E-state index contributed by atoms with van der Waals surface area (Å²) in [6.45, 7) is 1.74. The minimum atomic E-state index is -2.70. The number of rotatable bonds is 5. The summed E-state index contributed by atoms with van der Waals surface area (Å²) in [5.74, 6) is -0.680. The van der Waals surface area contributed by atoms with Crippen LogP contribution in [0.1, 0.15) is 27.4 Å². The monoisotopic (exact) mass is 328 g/mol. The highest BCUT2D eigenvalue weighted by molar-refractivity contribution is 7.10. The lowest BCUT2D eigenvalue weighted by molar-refractivity contribution is -0.121. The summed E-state index contributed by atoms with van der Waals surface area (Å²) in [7, 11) is 1.51. The van der Waals surface area contributed by atoms with Crippen LogP contribution in [-0.4, -0.2) is 28.6 Å². The first-order chi connectivity index (χ1) is 10.4. The predicted molar refractivity (Wildman–Crippen MR) is 78.3 cm³/mol. The Labute approximate surface area is 129 Å². The summed E-state index contributed by atoms with van der Waals surface area (Å²) in [6, 6.07) is 2.91. The van der Waals surface area contributed by atoms with Crippen molar-refractivity contribution < 1.29 is 18.4 Å². The number of hydrogen-bond donors (Lipinski definition) is 2. The molecule has 0 aliphatic carbocycles. The molecule has 2 aromatic rings. The average molecular weight is 328 g/mol. The van der Waals surface area contributed by atoms with E-state index in [1.54, 1.807) is 13.0 Å². The minimum Gasteiger partial charge on any atom is -0.358 e. The van der Waals surface area contributed by atoms with E-state index >= 15 is 0 Å². The molecule has 0 saturated heterocycles. The van der Waals surface area contributed by atoms with E-state index < -0.39 is 12.3 Å². The molecule has 0 unspecified atom stereocenters. The van der Waals surface area contributed by atoms with Crippen molar-refractivity contribution in [3.05, 3.63) is 33.6 Å². The summed E-state index contributed by atoms with van der Waals surface area (Å²) in [4.78, 5) is 23.1. The van der Waals surface area contributed by atoms with Crippen LogP contribution in [0.2, 0.25) is 0 Å². The molecule has 0 aromatic carbocycles. The number of likely N-dealkylation sites (N-methyl/N-ethyl adjacent to an activating group) is 1. The van der Waals surface area contributed by atoms with Crippen LogP contribution in [0.25, 0.3) is 0 Å². The molecular weight excluding hydrogens is 314 g/mol. The van der Waals surface area contributed by atoms with Gasteiger partial charge in [-0.1, -0.05) is 0 Å². The van der Waals surface area contributed by atoms with Crippen molar-refractivity contribution in [2.75, 3.05) is 12.4 Å². The Balaban J connectivity index is 2.14. The Kier molecular flexibility index (Phi) is 4.86. The van der Waals surface area contributed by atoms with Gasteiger partial charge in [-0.05, 0) is 18.4 Å². The molecule has 0 atom stereocenters. The Morgan fingerprint density at radius 3 is 2.82 bits per heavy atom. The van der Waals surface area contributed by atoms with Gasteiger partial charge in [-0.3, -0.25) is 14.3 Å². The normalized spacial score (nSPS) is 10.8. The number of aryl methyl sites for hydroxylation is 1. The van der Waals surface area contributed by atoms with Crippen LogP contribution in [0, 0.1) is 6.92 Å². The number of alkyl halides is 2. The van der Waals surface area contributed by atoms with Crippen molar-refractivity contribution in [1.29, 1.82) is 0 Å². The van der Waals surface area contributed by atoms with Crippen molar-refractivity contribution in [3.63, 3.8) is 0 Å². The summed E-state index contributed by atoms with van der Waals surface area (Å²) >= 11 is 0.827. The third kappa shape index (κ3) is 3.48. The first kappa shape index (κ1) is 16.1. The number of carbonyl (C=O) groups is 2. The topological polar surface area (TPSA) is 76.0 Å². The molecule has 6 nitrogen and oxygen atoms in total. The second-order valence-electron chi connectivity index (χ2n) is 4.46. The molecule has 118 valence electrons. The number of hydrogen-bond acceptors (Lipinski definition) is 4. The van der Waals surface area contributed by atoms with E-state index in [2.05, 4.69) is 15.7 Å². The van der Waals surface area contributed by atoms with Crippen molar-refractivity contribution >= 4 is 29.0 Å². The number of nitrogens with one attached hydrogen (secondary N) is 2. The molecule has 2 N–H and O–H groups in total. The molecule has 0 saturated carbocycles. The fourth-order valence-corrected chi connectivity index (χ4v) is 2.55. The van der Waals surface area contributed by atoms with E-state index in [1.165, 1.54) is 23.2 Å². The van der Waals surface area contributed by atoms with Gasteiger partial charge >= 0.3 is 0 Å². The summed E-state index contributed by atoms with van der Waals surface area (Å²) in [5, 5.41) is 10.4. The molecule has 9 heteroatoms. The Bertz CT molecular complexity index is 696. The highest BCUT2D eigenvalue weighted by atomic mass is 32.1. The number of thiophene rings is 1. The van der Waals surface area contributed by atoms with E-state index in [9.17, 15) is 18.4 Å². The molecule has 22 heavy (non-hydrogen) atoms. The largest absolute Gasteiger partial charge is 0.358 e. The average Bonchev–Trinajstić information content (AvgIpc) is 3.06. The van der Waals surface area contributed by atoms with Crippen molar-refractivity contribution in [2.45, 2.75) is 19.9 Å². The van der Waals surface area contributed by atoms with E-state index in [0.29, 0.717) is 5.69 Å². The van der Waals surface area contributed by atoms with Crippen molar-refractivity contribution in [1.82, 2.24) is 15.1 Å². The van der Waals surface area contributed by atoms with Gasteiger partial charge in [0.25, 0.3) is 12.3 Å². The first-order valence-electron chi connectivity index (χ1n) is 6.34. The number of amides is 2. The van der Waals surface area contributed by atoms with Crippen LogP contribution in [0.15, 0.2) is 17.5 Å². The standard InChI is InChI=1S/C13H14F2N4O2S/c1-7-5-9(18-19(7)6-10(20)16-2)17-13(21)8-3-4-22-11(8)12(14)15/h3-5,12H,6H2,1-2H3,(H,16,20)(H,17,18,21). The molecule has 2 aromatic heterocycles. The van der Waals surface area contributed by atoms with Gasteiger partial charge in [0.2, 0.25) is 5.91 Å². The molecule has 0 aliphatic heterocycles. The number of carbonyl (C=O) groups excluding carboxylic acids is 2. The molecule has 0 bridgehead atoms. The zero-order valence-electron chi connectivity index (χ0n) is 11.9. The minimum absolute atomic E-state index is 0.0128. The second kappa shape index (κ2) is 6.65. The summed E-state index contributed by atoms with van der Waals surface area (Å²) < 4.78 is 27.0. The Morgan fingerprint density at radius 1 is 1.45 bits per heavy atom. The molecule has 0 fully saturated rings. The van der Waals surface area contributed by atoms with Gasteiger partial charge in [-0.2, -0.15) is 5.10 Å².